The minimum Gasteiger partial charge on any atom is -0.474 e. The number of primary amides is 1. The Morgan fingerprint density at radius 3 is 2.42 bits per heavy atom. The smallest absolute Gasteiger partial charge is 0.225 e. The predicted octanol–water partition coefficient (Wildman–Crippen LogP) is 2.81. The van der Waals surface area contributed by atoms with Gasteiger partial charge in [0.1, 0.15) is 5.75 Å². The van der Waals surface area contributed by atoms with Gasteiger partial charge in [0.2, 0.25) is 5.91 Å². The van der Waals surface area contributed by atoms with Crippen LogP contribution >= 0.6 is 0 Å². The largest absolute Gasteiger partial charge is 0.474 e. The number of hydrogen-bond acceptors (Lipinski definition) is 3. The van der Waals surface area contributed by atoms with E-state index in [-0.39, 0.29) is 18.1 Å². The molecule has 1 amide bonds. The predicted molar refractivity (Wildman–Crippen MR) is 94.7 cm³/mol. The molecule has 0 aromatic heterocycles. The van der Waals surface area contributed by atoms with Gasteiger partial charge >= 0.3 is 0 Å². The SMILES string of the molecule is CCN1CCC(C(N)=O)C1Oc1ccc(Cc2ccccc2)cc1. The van der Waals surface area contributed by atoms with Gasteiger partial charge in [0.05, 0.1) is 5.92 Å². The van der Waals surface area contributed by atoms with Gasteiger partial charge in [-0.25, -0.2) is 0 Å². The van der Waals surface area contributed by atoms with E-state index in [1.54, 1.807) is 0 Å². The highest BCUT2D eigenvalue weighted by molar-refractivity contribution is 5.77. The molecule has 1 fully saturated rings. The Labute approximate surface area is 143 Å². The Kier molecular flexibility index (Phi) is 5.16. The molecule has 0 aliphatic carbocycles. The summed E-state index contributed by atoms with van der Waals surface area (Å²) in [7, 11) is 0. The lowest BCUT2D eigenvalue weighted by molar-refractivity contribution is -0.125. The highest BCUT2D eigenvalue weighted by Gasteiger charge is 2.38. The van der Waals surface area contributed by atoms with Crippen molar-refractivity contribution in [1.82, 2.24) is 4.90 Å². The third-order valence-corrected chi connectivity index (χ3v) is 4.63. The van der Waals surface area contributed by atoms with E-state index in [2.05, 4.69) is 48.2 Å². The van der Waals surface area contributed by atoms with Crippen LogP contribution in [-0.4, -0.2) is 30.1 Å². The van der Waals surface area contributed by atoms with Crippen molar-refractivity contribution >= 4 is 5.91 Å². The number of likely N-dealkylation sites (tertiary alicyclic amines) is 1. The molecule has 126 valence electrons. The van der Waals surface area contributed by atoms with Gasteiger partial charge in [-0.1, -0.05) is 49.4 Å². The zero-order chi connectivity index (χ0) is 16.9. The molecule has 4 heteroatoms. The van der Waals surface area contributed by atoms with Gasteiger partial charge in [0, 0.05) is 6.54 Å². The molecule has 0 spiro atoms. The van der Waals surface area contributed by atoms with Crippen molar-refractivity contribution in [2.24, 2.45) is 11.7 Å². The van der Waals surface area contributed by atoms with Gasteiger partial charge in [0.25, 0.3) is 0 Å². The molecule has 2 aromatic carbocycles. The first-order valence-corrected chi connectivity index (χ1v) is 8.50. The average Bonchev–Trinajstić information content (AvgIpc) is 3.00. The number of carbonyl (C=O) groups is 1. The second-order valence-electron chi connectivity index (χ2n) is 6.24. The van der Waals surface area contributed by atoms with Crippen LogP contribution in [0, 0.1) is 5.92 Å². The molecular formula is C20H24N2O2. The van der Waals surface area contributed by atoms with Gasteiger partial charge in [-0.3, -0.25) is 9.69 Å². The highest BCUT2D eigenvalue weighted by Crippen LogP contribution is 2.27. The molecule has 4 nitrogen and oxygen atoms in total. The Bertz CT molecular complexity index is 670. The van der Waals surface area contributed by atoms with E-state index in [4.69, 9.17) is 10.5 Å². The summed E-state index contributed by atoms with van der Waals surface area (Å²) in [6, 6.07) is 18.5. The van der Waals surface area contributed by atoms with Crippen LogP contribution in [0.1, 0.15) is 24.5 Å². The van der Waals surface area contributed by atoms with Crippen LogP contribution in [0.3, 0.4) is 0 Å². The van der Waals surface area contributed by atoms with Crippen molar-refractivity contribution < 1.29 is 9.53 Å². The van der Waals surface area contributed by atoms with E-state index < -0.39 is 0 Å². The number of amides is 1. The summed E-state index contributed by atoms with van der Waals surface area (Å²) in [6.45, 7) is 3.77. The molecule has 2 aromatic rings. The van der Waals surface area contributed by atoms with Crippen molar-refractivity contribution in [2.45, 2.75) is 26.0 Å². The molecule has 1 heterocycles. The van der Waals surface area contributed by atoms with Gasteiger partial charge in [0.15, 0.2) is 6.23 Å². The van der Waals surface area contributed by atoms with Gasteiger partial charge < -0.3 is 10.5 Å². The Morgan fingerprint density at radius 2 is 1.79 bits per heavy atom. The first-order valence-electron chi connectivity index (χ1n) is 8.50. The van der Waals surface area contributed by atoms with E-state index in [0.717, 1.165) is 31.7 Å². The fourth-order valence-corrected chi connectivity index (χ4v) is 3.26. The van der Waals surface area contributed by atoms with Gasteiger partial charge in [-0.15, -0.1) is 0 Å². The third kappa shape index (κ3) is 3.77. The van der Waals surface area contributed by atoms with Crippen LogP contribution in [0.25, 0.3) is 0 Å². The second kappa shape index (κ2) is 7.49. The average molecular weight is 324 g/mol. The van der Waals surface area contributed by atoms with Crippen molar-refractivity contribution in [2.75, 3.05) is 13.1 Å². The fraction of sp³-hybridized carbons (Fsp3) is 0.350. The molecular weight excluding hydrogens is 300 g/mol. The number of rotatable bonds is 6. The molecule has 24 heavy (non-hydrogen) atoms. The van der Waals surface area contributed by atoms with E-state index in [9.17, 15) is 4.79 Å². The summed E-state index contributed by atoms with van der Waals surface area (Å²) >= 11 is 0. The van der Waals surface area contributed by atoms with Crippen LogP contribution in [0.15, 0.2) is 54.6 Å². The summed E-state index contributed by atoms with van der Waals surface area (Å²) in [6.07, 6.45) is 1.41. The number of carbonyl (C=O) groups excluding carboxylic acids is 1. The highest BCUT2D eigenvalue weighted by atomic mass is 16.5. The lowest BCUT2D eigenvalue weighted by Gasteiger charge is -2.26. The first kappa shape index (κ1) is 16.5. The summed E-state index contributed by atoms with van der Waals surface area (Å²) < 4.78 is 6.08. The van der Waals surface area contributed by atoms with Crippen LogP contribution in [0.4, 0.5) is 0 Å². The fourth-order valence-electron chi connectivity index (χ4n) is 3.26. The summed E-state index contributed by atoms with van der Waals surface area (Å²) in [4.78, 5) is 13.8. The van der Waals surface area contributed by atoms with E-state index in [1.165, 1.54) is 11.1 Å². The maximum atomic E-state index is 11.6. The maximum absolute atomic E-state index is 11.6. The van der Waals surface area contributed by atoms with E-state index >= 15 is 0 Å². The summed E-state index contributed by atoms with van der Waals surface area (Å²) in [5.74, 6) is 0.258. The lowest BCUT2D eigenvalue weighted by atomic mass is 10.0. The second-order valence-corrected chi connectivity index (χ2v) is 6.24. The van der Waals surface area contributed by atoms with Gasteiger partial charge in [-0.05, 0) is 42.6 Å². The van der Waals surface area contributed by atoms with E-state index in [1.807, 2.05) is 18.2 Å². The van der Waals surface area contributed by atoms with Crippen LogP contribution < -0.4 is 10.5 Å². The van der Waals surface area contributed by atoms with Crippen LogP contribution in [0.5, 0.6) is 5.75 Å². The molecule has 0 radical (unpaired) electrons. The molecule has 2 atom stereocenters. The molecule has 2 N–H and O–H groups in total. The Morgan fingerprint density at radius 1 is 1.12 bits per heavy atom. The van der Waals surface area contributed by atoms with Crippen LogP contribution in [0.2, 0.25) is 0 Å². The molecule has 0 saturated carbocycles. The van der Waals surface area contributed by atoms with Crippen molar-refractivity contribution in [3.8, 4) is 5.75 Å². The standard InChI is InChI=1S/C20H24N2O2/c1-2-22-13-12-18(19(21)23)20(22)24-17-10-8-16(9-11-17)14-15-6-4-3-5-7-15/h3-11,18,20H,2,12-14H2,1H3,(H2,21,23). The molecule has 1 saturated heterocycles. The Balaban J connectivity index is 1.68. The zero-order valence-corrected chi connectivity index (χ0v) is 14.0. The minimum atomic E-state index is -0.281. The Hall–Kier alpha value is -2.33. The molecule has 2 unspecified atom stereocenters. The molecule has 3 rings (SSSR count). The normalized spacial score (nSPS) is 20.9. The van der Waals surface area contributed by atoms with E-state index in [0.29, 0.717) is 0 Å². The molecule has 1 aliphatic heterocycles. The minimum absolute atomic E-state index is 0.242. The number of hydrogen-bond donors (Lipinski definition) is 1. The quantitative estimate of drug-likeness (QED) is 0.889. The molecule has 1 aliphatic rings. The number of nitrogens with zero attached hydrogens (tertiary/aromatic N) is 1. The lowest BCUT2D eigenvalue weighted by Crippen LogP contribution is -2.42. The number of nitrogens with two attached hydrogens (primary N) is 1. The summed E-state index contributed by atoms with van der Waals surface area (Å²) in [5.41, 5.74) is 8.04. The topological polar surface area (TPSA) is 55.6 Å². The summed E-state index contributed by atoms with van der Waals surface area (Å²) in [5, 5.41) is 0. The number of benzene rings is 2. The third-order valence-electron chi connectivity index (χ3n) is 4.63. The first-order chi connectivity index (χ1) is 11.7. The molecule has 0 bridgehead atoms. The van der Waals surface area contributed by atoms with Crippen molar-refractivity contribution in [3.63, 3.8) is 0 Å². The monoisotopic (exact) mass is 324 g/mol. The van der Waals surface area contributed by atoms with Gasteiger partial charge in [-0.2, -0.15) is 0 Å². The van der Waals surface area contributed by atoms with Crippen molar-refractivity contribution in [1.29, 1.82) is 0 Å². The number of ether oxygens (including phenoxy) is 1. The zero-order valence-electron chi connectivity index (χ0n) is 14.0. The maximum Gasteiger partial charge on any atom is 0.225 e. The van der Waals surface area contributed by atoms with Crippen molar-refractivity contribution in [3.05, 3.63) is 65.7 Å². The van der Waals surface area contributed by atoms with Crippen LogP contribution in [-0.2, 0) is 11.2 Å².